The van der Waals surface area contributed by atoms with Crippen molar-refractivity contribution in [1.82, 2.24) is 9.99 Å². The molecule has 0 spiro atoms. The number of rotatable bonds is 4. The third kappa shape index (κ3) is 3.26. The Morgan fingerprint density at radius 2 is 1.62 bits per heavy atom. The number of benzene rings is 3. The van der Waals surface area contributed by atoms with Crippen LogP contribution in [0.3, 0.4) is 0 Å². The normalized spacial score (nSPS) is 11.1. The van der Waals surface area contributed by atoms with Crippen LogP contribution in [0.4, 0.5) is 0 Å². The standard InChI is InChI=1S/C22H17N3O/c26-22(19-13-12-17-7-4-5-8-18(17)15-19)24-23-16-21-11-6-14-25(21)20-9-2-1-3-10-20/h1-16H,(H,24,26)/b23-16-. The SMILES string of the molecule is O=C(N/N=C\c1cccn1-c1ccccc1)c1ccc2ccccc2c1. The molecule has 0 fully saturated rings. The Morgan fingerprint density at radius 1 is 0.846 bits per heavy atom. The van der Waals surface area contributed by atoms with E-state index < -0.39 is 0 Å². The molecule has 0 saturated heterocycles. The minimum Gasteiger partial charge on any atom is -0.316 e. The molecule has 0 unspecified atom stereocenters. The van der Waals surface area contributed by atoms with Gasteiger partial charge in [-0.2, -0.15) is 5.10 Å². The maximum atomic E-state index is 12.3. The summed E-state index contributed by atoms with van der Waals surface area (Å²) < 4.78 is 2.01. The summed E-state index contributed by atoms with van der Waals surface area (Å²) in [5.74, 6) is -0.232. The van der Waals surface area contributed by atoms with Crippen LogP contribution in [-0.4, -0.2) is 16.7 Å². The predicted molar refractivity (Wildman–Crippen MR) is 105 cm³/mol. The Balaban J connectivity index is 1.50. The molecule has 0 radical (unpaired) electrons. The molecule has 4 aromatic rings. The highest BCUT2D eigenvalue weighted by atomic mass is 16.2. The summed E-state index contributed by atoms with van der Waals surface area (Å²) in [4.78, 5) is 12.3. The number of hydrogen-bond acceptors (Lipinski definition) is 2. The lowest BCUT2D eigenvalue weighted by Gasteiger charge is -2.06. The zero-order valence-electron chi connectivity index (χ0n) is 14.0. The Labute approximate surface area is 151 Å². The van der Waals surface area contributed by atoms with E-state index in [2.05, 4.69) is 10.5 Å². The second-order valence-electron chi connectivity index (χ2n) is 5.90. The van der Waals surface area contributed by atoms with Gasteiger partial charge in [0.1, 0.15) is 0 Å². The van der Waals surface area contributed by atoms with Crippen LogP contribution in [0.2, 0.25) is 0 Å². The summed E-state index contributed by atoms with van der Waals surface area (Å²) in [7, 11) is 0. The highest BCUT2D eigenvalue weighted by molar-refractivity contribution is 5.98. The number of carbonyl (C=O) groups is 1. The first kappa shape index (κ1) is 15.8. The van der Waals surface area contributed by atoms with Crippen LogP contribution in [0, 0.1) is 0 Å². The Hall–Kier alpha value is -3.66. The Bertz CT molecular complexity index is 1080. The summed E-state index contributed by atoms with van der Waals surface area (Å²) in [6.07, 6.45) is 3.60. The fourth-order valence-corrected chi connectivity index (χ4v) is 2.88. The van der Waals surface area contributed by atoms with Crippen molar-refractivity contribution >= 4 is 22.9 Å². The van der Waals surface area contributed by atoms with Crippen LogP contribution in [-0.2, 0) is 0 Å². The zero-order valence-corrected chi connectivity index (χ0v) is 14.0. The van der Waals surface area contributed by atoms with Gasteiger partial charge in [0.05, 0.1) is 11.9 Å². The minimum atomic E-state index is -0.232. The van der Waals surface area contributed by atoms with Crippen LogP contribution in [0.25, 0.3) is 16.5 Å². The molecule has 1 heterocycles. The summed E-state index contributed by atoms with van der Waals surface area (Å²) in [6.45, 7) is 0. The van der Waals surface area contributed by atoms with Crippen LogP contribution in [0.1, 0.15) is 16.1 Å². The van der Waals surface area contributed by atoms with Gasteiger partial charge in [-0.1, -0.05) is 48.5 Å². The molecular formula is C22H17N3O. The van der Waals surface area contributed by atoms with E-state index in [1.165, 1.54) is 0 Å². The van der Waals surface area contributed by atoms with Gasteiger partial charge in [0.25, 0.3) is 5.91 Å². The van der Waals surface area contributed by atoms with E-state index in [1.807, 2.05) is 89.6 Å². The smallest absolute Gasteiger partial charge is 0.271 e. The lowest BCUT2D eigenvalue weighted by atomic mass is 10.1. The van der Waals surface area contributed by atoms with Crippen LogP contribution >= 0.6 is 0 Å². The van der Waals surface area contributed by atoms with Crippen LogP contribution < -0.4 is 5.43 Å². The summed E-state index contributed by atoms with van der Waals surface area (Å²) in [5, 5.41) is 6.25. The van der Waals surface area contributed by atoms with Crippen LogP contribution in [0.5, 0.6) is 0 Å². The topological polar surface area (TPSA) is 46.4 Å². The van der Waals surface area contributed by atoms with Gasteiger partial charge in [0.2, 0.25) is 0 Å². The summed E-state index contributed by atoms with van der Waals surface area (Å²) in [5.41, 5.74) is 5.11. The highest BCUT2D eigenvalue weighted by Crippen LogP contribution is 2.15. The zero-order chi connectivity index (χ0) is 17.8. The fourth-order valence-electron chi connectivity index (χ4n) is 2.88. The van der Waals surface area contributed by atoms with Crippen molar-refractivity contribution in [3.05, 3.63) is 102 Å². The van der Waals surface area contributed by atoms with Crippen molar-refractivity contribution in [2.75, 3.05) is 0 Å². The second kappa shape index (κ2) is 7.07. The van der Waals surface area contributed by atoms with Gasteiger partial charge < -0.3 is 4.57 Å². The largest absolute Gasteiger partial charge is 0.316 e. The summed E-state index contributed by atoms with van der Waals surface area (Å²) in [6, 6.07) is 27.4. The predicted octanol–water partition coefficient (Wildman–Crippen LogP) is 4.39. The van der Waals surface area contributed by atoms with E-state index in [0.29, 0.717) is 5.56 Å². The number of amides is 1. The molecule has 0 aliphatic carbocycles. The minimum absolute atomic E-state index is 0.232. The van der Waals surface area contributed by atoms with E-state index in [0.717, 1.165) is 22.2 Å². The molecule has 0 bridgehead atoms. The van der Waals surface area contributed by atoms with Crippen LogP contribution in [0.15, 0.2) is 96.2 Å². The Kier molecular flexibility index (Phi) is 4.31. The van der Waals surface area contributed by atoms with Gasteiger partial charge in [-0.15, -0.1) is 0 Å². The molecule has 26 heavy (non-hydrogen) atoms. The molecule has 0 atom stereocenters. The Morgan fingerprint density at radius 3 is 2.46 bits per heavy atom. The molecule has 1 N–H and O–H groups in total. The van der Waals surface area contributed by atoms with Gasteiger partial charge in [-0.3, -0.25) is 4.79 Å². The van der Waals surface area contributed by atoms with E-state index in [9.17, 15) is 4.79 Å². The average Bonchev–Trinajstić information content (AvgIpc) is 3.17. The molecule has 126 valence electrons. The maximum Gasteiger partial charge on any atom is 0.271 e. The van der Waals surface area contributed by atoms with Gasteiger partial charge >= 0.3 is 0 Å². The third-order valence-corrected chi connectivity index (χ3v) is 4.19. The molecule has 0 saturated carbocycles. The van der Waals surface area contributed by atoms with E-state index in [4.69, 9.17) is 0 Å². The number of nitrogens with one attached hydrogen (secondary N) is 1. The number of aromatic nitrogens is 1. The van der Waals surface area contributed by atoms with Gasteiger partial charge in [0, 0.05) is 17.4 Å². The first-order chi connectivity index (χ1) is 12.8. The summed E-state index contributed by atoms with van der Waals surface area (Å²) >= 11 is 0. The number of fused-ring (bicyclic) bond motifs is 1. The van der Waals surface area contributed by atoms with Crippen molar-refractivity contribution in [3.8, 4) is 5.69 Å². The molecule has 4 nitrogen and oxygen atoms in total. The van der Waals surface area contributed by atoms with Crippen molar-refractivity contribution in [2.45, 2.75) is 0 Å². The highest BCUT2D eigenvalue weighted by Gasteiger charge is 2.05. The van der Waals surface area contributed by atoms with Crippen molar-refractivity contribution in [2.24, 2.45) is 5.10 Å². The van der Waals surface area contributed by atoms with E-state index in [1.54, 1.807) is 12.3 Å². The van der Waals surface area contributed by atoms with Gasteiger partial charge in [0.15, 0.2) is 0 Å². The second-order valence-corrected chi connectivity index (χ2v) is 5.90. The van der Waals surface area contributed by atoms with Crippen molar-refractivity contribution < 1.29 is 4.79 Å². The molecule has 3 aromatic carbocycles. The number of hydrazone groups is 1. The monoisotopic (exact) mass is 339 g/mol. The molecule has 4 rings (SSSR count). The molecule has 0 aliphatic rings. The third-order valence-electron chi connectivity index (χ3n) is 4.19. The molecule has 1 aromatic heterocycles. The van der Waals surface area contributed by atoms with Gasteiger partial charge in [-0.05, 0) is 47.2 Å². The lowest BCUT2D eigenvalue weighted by molar-refractivity contribution is 0.0955. The fraction of sp³-hybridized carbons (Fsp3) is 0. The van der Waals surface area contributed by atoms with E-state index in [-0.39, 0.29) is 5.91 Å². The first-order valence-electron chi connectivity index (χ1n) is 8.36. The van der Waals surface area contributed by atoms with E-state index >= 15 is 0 Å². The van der Waals surface area contributed by atoms with Gasteiger partial charge in [-0.25, -0.2) is 5.43 Å². The quantitative estimate of drug-likeness (QED) is 0.435. The van der Waals surface area contributed by atoms with Crippen molar-refractivity contribution in [3.63, 3.8) is 0 Å². The molecule has 4 heteroatoms. The number of carbonyl (C=O) groups excluding carboxylic acids is 1. The molecule has 0 aliphatic heterocycles. The van der Waals surface area contributed by atoms with Crippen molar-refractivity contribution in [1.29, 1.82) is 0 Å². The number of para-hydroxylation sites is 1. The number of nitrogens with zero attached hydrogens (tertiary/aromatic N) is 2. The average molecular weight is 339 g/mol. The molecule has 1 amide bonds. The molecular weight excluding hydrogens is 322 g/mol. The number of hydrogen-bond donors (Lipinski definition) is 1. The lowest BCUT2D eigenvalue weighted by Crippen LogP contribution is -2.17. The first-order valence-corrected chi connectivity index (χ1v) is 8.36. The maximum absolute atomic E-state index is 12.3.